The quantitative estimate of drug-likeness (QED) is 0.630. The average molecular weight is 348 g/mol. The number of aliphatic carboxylic acids is 1. The number of nitrogens with zero attached hydrogens (tertiary/aromatic N) is 1. The number of rotatable bonds is 10. The molecule has 126 valence electrons. The monoisotopic (exact) mass is 348 g/mol. The van der Waals surface area contributed by atoms with Crippen LogP contribution in [0.4, 0.5) is 0 Å². The molecule has 1 atom stereocenters. The van der Waals surface area contributed by atoms with E-state index in [4.69, 9.17) is 5.73 Å². The zero-order valence-corrected chi connectivity index (χ0v) is 14.6. The second-order valence-electron chi connectivity index (χ2n) is 5.54. The molecule has 0 spiro atoms. The zero-order chi connectivity index (χ0) is 16.8. The van der Waals surface area contributed by atoms with E-state index in [1.54, 1.807) is 11.4 Å². The molecule has 8 heteroatoms. The average Bonchev–Trinajstić information content (AvgIpc) is 2.95. The van der Waals surface area contributed by atoms with E-state index >= 15 is 0 Å². The lowest BCUT2D eigenvalue weighted by molar-refractivity contribution is -0.141. The van der Waals surface area contributed by atoms with E-state index < -0.39 is 22.0 Å². The molecule has 22 heavy (non-hydrogen) atoms. The molecule has 1 aromatic rings. The number of carbonyl (C=O) groups is 1. The second kappa shape index (κ2) is 8.61. The summed E-state index contributed by atoms with van der Waals surface area (Å²) in [5.74, 6) is -1.08. The van der Waals surface area contributed by atoms with Gasteiger partial charge in [-0.1, -0.05) is 19.9 Å². The molecule has 0 amide bonds. The maximum atomic E-state index is 12.8. The predicted molar refractivity (Wildman–Crippen MR) is 87.4 cm³/mol. The van der Waals surface area contributed by atoms with Crippen LogP contribution in [0, 0.1) is 5.92 Å². The van der Waals surface area contributed by atoms with Gasteiger partial charge in [0, 0.05) is 6.54 Å². The van der Waals surface area contributed by atoms with E-state index in [0.717, 1.165) is 15.6 Å². The first-order chi connectivity index (χ1) is 10.3. The van der Waals surface area contributed by atoms with Crippen LogP contribution in [0.3, 0.4) is 0 Å². The Morgan fingerprint density at radius 1 is 1.41 bits per heavy atom. The largest absolute Gasteiger partial charge is 0.480 e. The van der Waals surface area contributed by atoms with E-state index in [-0.39, 0.29) is 23.1 Å². The van der Waals surface area contributed by atoms with Crippen LogP contribution in [-0.4, -0.2) is 42.9 Å². The maximum absolute atomic E-state index is 12.8. The summed E-state index contributed by atoms with van der Waals surface area (Å²) in [7, 11) is -3.79. The number of carboxylic acid groups (broad SMARTS) is 1. The number of unbranched alkanes of at least 4 members (excludes halogenated alkanes) is 1. The first kappa shape index (κ1) is 19.1. The minimum absolute atomic E-state index is 0.0334. The van der Waals surface area contributed by atoms with Crippen molar-refractivity contribution in [2.75, 3.05) is 13.1 Å². The van der Waals surface area contributed by atoms with Gasteiger partial charge >= 0.3 is 5.97 Å². The first-order valence-corrected chi connectivity index (χ1v) is 9.61. The van der Waals surface area contributed by atoms with Gasteiger partial charge in [-0.3, -0.25) is 4.79 Å². The highest BCUT2D eigenvalue weighted by Crippen LogP contribution is 2.25. The van der Waals surface area contributed by atoms with Gasteiger partial charge in [-0.15, -0.1) is 11.3 Å². The summed E-state index contributed by atoms with van der Waals surface area (Å²) >= 11 is 1.10. The molecule has 0 unspecified atom stereocenters. The van der Waals surface area contributed by atoms with Gasteiger partial charge in [0.2, 0.25) is 0 Å². The zero-order valence-electron chi connectivity index (χ0n) is 12.9. The number of carboxylic acids is 1. The summed E-state index contributed by atoms with van der Waals surface area (Å²) in [4.78, 5) is 11.6. The summed E-state index contributed by atoms with van der Waals surface area (Å²) in [6.07, 6.45) is 1.53. The van der Waals surface area contributed by atoms with Crippen LogP contribution < -0.4 is 5.73 Å². The third-order valence-electron chi connectivity index (χ3n) is 3.17. The summed E-state index contributed by atoms with van der Waals surface area (Å²) in [6, 6.07) is 2.10. The van der Waals surface area contributed by atoms with Crippen molar-refractivity contribution in [1.29, 1.82) is 0 Å². The van der Waals surface area contributed by atoms with E-state index in [1.165, 1.54) is 6.07 Å². The van der Waals surface area contributed by atoms with Crippen molar-refractivity contribution in [3.8, 4) is 0 Å². The van der Waals surface area contributed by atoms with Crippen LogP contribution in [0.5, 0.6) is 0 Å². The molecule has 0 saturated carbocycles. The fraction of sp³-hybridized carbons (Fsp3) is 0.643. The Morgan fingerprint density at radius 2 is 2.09 bits per heavy atom. The molecule has 1 heterocycles. The van der Waals surface area contributed by atoms with Gasteiger partial charge in [0.25, 0.3) is 10.0 Å². The van der Waals surface area contributed by atoms with Crippen LogP contribution in [0.25, 0.3) is 0 Å². The molecule has 3 N–H and O–H groups in total. The molecule has 0 saturated heterocycles. The van der Waals surface area contributed by atoms with Gasteiger partial charge in [-0.25, -0.2) is 8.42 Å². The van der Waals surface area contributed by atoms with E-state index in [2.05, 4.69) is 0 Å². The van der Waals surface area contributed by atoms with Crippen molar-refractivity contribution in [2.24, 2.45) is 11.7 Å². The van der Waals surface area contributed by atoms with Gasteiger partial charge < -0.3 is 10.8 Å². The molecular weight excluding hydrogens is 324 g/mol. The molecule has 0 aliphatic rings. The topological polar surface area (TPSA) is 101 Å². The van der Waals surface area contributed by atoms with E-state index in [0.29, 0.717) is 19.4 Å². The lowest BCUT2D eigenvalue weighted by Gasteiger charge is -2.29. The smallest absolute Gasteiger partial charge is 0.322 e. The Morgan fingerprint density at radius 3 is 2.55 bits per heavy atom. The normalized spacial score (nSPS) is 13.7. The Kier molecular flexibility index (Phi) is 7.47. The van der Waals surface area contributed by atoms with Crippen LogP contribution in [0.1, 0.15) is 33.1 Å². The molecule has 6 nitrogen and oxygen atoms in total. The highest BCUT2D eigenvalue weighted by atomic mass is 32.2. The van der Waals surface area contributed by atoms with Crippen LogP contribution in [-0.2, 0) is 14.8 Å². The van der Waals surface area contributed by atoms with Gasteiger partial charge in [0.1, 0.15) is 10.3 Å². The Labute approximate surface area is 136 Å². The van der Waals surface area contributed by atoms with Gasteiger partial charge in [-0.05, 0) is 43.2 Å². The number of hydrogen-bond acceptors (Lipinski definition) is 5. The minimum atomic E-state index is -3.79. The molecule has 0 aliphatic heterocycles. The van der Waals surface area contributed by atoms with Crippen molar-refractivity contribution in [3.05, 3.63) is 17.5 Å². The van der Waals surface area contributed by atoms with Crippen molar-refractivity contribution in [1.82, 2.24) is 4.31 Å². The van der Waals surface area contributed by atoms with E-state index in [1.807, 2.05) is 13.8 Å². The number of hydrogen-bond donors (Lipinski definition) is 2. The Bertz CT molecular complexity index is 555. The highest BCUT2D eigenvalue weighted by molar-refractivity contribution is 7.91. The van der Waals surface area contributed by atoms with Crippen molar-refractivity contribution in [3.63, 3.8) is 0 Å². The van der Waals surface area contributed by atoms with Crippen molar-refractivity contribution >= 4 is 27.3 Å². The number of thiophene rings is 1. The predicted octanol–water partition coefficient (Wildman–Crippen LogP) is 1.98. The molecule has 0 aromatic carbocycles. The minimum Gasteiger partial charge on any atom is -0.480 e. The van der Waals surface area contributed by atoms with Crippen molar-refractivity contribution in [2.45, 2.75) is 43.4 Å². The summed E-state index contributed by atoms with van der Waals surface area (Å²) in [6.45, 7) is 4.39. The fourth-order valence-corrected chi connectivity index (χ4v) is 5.05. The van der Waals surface area contributed by atoms with Gasteiger partial charge in [-0.2, -0.15) is 4.31 Å². The lowest BCUT2D eigenvalue weighted by atomic mass is 10.1. The van der Waals surface area contributed by atoms with Crippen LogP contribution in [0.15, 0.2) is 21.7 Å². The highest BCUT2D eigenvalue weighted by Gasteiger charge is 2.36. The third kappa shape index (κ3) is 5.05. The van der Waals surface area contributed by atoms with Gasteiger partial charge in [0.15, 0.2) is 0 Å². The maximum Gasteiger partial charge on any atom is 0.322 e. The van der Waals surface area contributed by atoms with E-state index in [9.17, 15) is 18.3 Å². The molecule has 0 aliphatic carbocycles. The van der Waals surface area contributed by atoms with Crippen molar-refractivity contribution < 1.29 is 18.3 Å². The fourth-order valence-electron chi connectivity index (χ4n) is 2.15. The second-order valence-corrected chi connectivity index (χ2v) is 8.60. The first-order valence-electron chi connectivity index (χ1n) is 7.29. The Hall–Kier alpha value is -0.960. The number of nitrogens with two attached hydrogens (primary N) is 1. The lowest BCUT2D eigenvalue weighted by Crippen LogP contribution is -2.46. The summed E-state index contributed by atoms with van der Waals surface area (Å²) < 4.78 is 26.8. The third-order valence-corrected chi connectivity index (χ3v) is 6.42. The molecule has 0 radical (unpaired) electrons. The summed E-state index contributed by atoms with van der Waals surface area (Å²) in [5.41, 5.74) is 5.43. The van der Waals surface area contributed by atoms with Crippen LogP contribution >= 0.6 is 11.3 Å². The summed E-state index contributed by atoms with van der Waals surface area (Å²) in [5, 5.41) is 11.2. The Balaban J connectivity index is 3.11. The molecular formula is C14H24N2O4S2. The standard InChI is InChI=1S/C14H24N2O4S2/c1-11(2)10-16(12(14(17)18)6-3-4-8-15)22(19,20)13-7-5-9-21-13/h5,7,9,11-12H,3-4,6,8,10,15H2,1-2H3,(H,17,18)/t12-/m0/s1. The van der Waals surface area contributed by atoms with Crippen LogP contribution in [0.2, 0.25) is 0 Å². The number of sulfonamides is 1. The molecule has 1 aromatic heterocycles. The molecule has 1 rings (SSSR count). The SMILES string of the molecule is CC(C)CN([C@@H](CCCCN)C(=O)O)S(=O)(=O)c1cccs1. The molecule has 0 bridgehead atoms. The molecule has 0 fully saturated rings. The van der Waals surface area contributed by atoms with Gasteiger partial charge in [0.05, 0.1) is 0 Å².